The summed E-state index contributed by atoms with van der Waals surface area (Å²) in [7, 11) is -3.00. The van der Waals surface area contributed by atoms with Crippen LogP contribution >= 0.6 is 0 Å². The predicted molar refractivity (Wildman–Crippen MR) is 53.1 cm³/mol. The number of nitrogens with zero attached hydrogens (tertiary/aromatic N) is 2. The normalized spacial score (nSPS) is 27.8. The van der Waals surface area contributed by atoms with E-state index in [1.165, 1.54) is 6.26 Å². The molecule has 1 fully saturated rings. The Bertz CT molecular complexity index is 263. The fourth-order valence-electron chi connectivity index (χ4n) is 1.80. The molecule has 0 aromatic heterocycles. The molecule has 0 bridgehead atoms. The smallest absolute Gasteiger partial charge is 0.211 e. The first-order valence-corrected chi connectivity index (χ1v) is 6.49. The molecule has 1 atom stereocenters. The first kappa shape index (κ1) is 10.9. The van der Waals surface area contributed by atoms with Gasteiger partial charge in [0.2, 0.25) is 10.0 Å². The van der Waals surface area contributed by atoms with Gasteiger partial charge in [-0.05, 0) is 13.5 Å². The van der Waals surface area contributed by atoms with Crippen molar-refractivity contribution in [2.75, 3.05) is 32.4 Å². The van der Waals surface area contributed by atoms with Crippen LogP contribution < -0.4 is 0 Å². The molecule has 0 amide bonds. The summed E-state index contributed by atoms with van der Waals surface area (Å²) in [6.45, 7) is 7.40. The summed E-state index contributed by atoms with van der Waals surface area (Å²) in [4.78, 5) is 2.27. The fraction of sp³-hybridized carbons (Fsp3) is 1.00. The largest absolute Gasteiger partial charge is 0.301 e. The molecule has 0 N–H and O–H groups in total. The SMILES string of the molecule is CCN1CCN(S(C)(=O)=O)C(C)C1. The van der Waals surface area contributed by atoms with Crippen molar-refractivity contribution in [2.24, 2.45) is 0 Å². The summed E-state index contributed by atoms with van der Waals surface area (Å²) in [5, 5.41) is 0. The topological polar surface area (TPSA) is 40.6 Å². The Morgan fingerprint density at radius 2 is 2.00 bits per heavy atom. The van der Waals surface area contributed by atoms with Crippen molar-refractivity contribution in [2.45, 2.75) is 19.9 Å². The van der Waals surface area contributed by atoms with E-state index in [1.807, 2.05) is 6.92 Å². The third kappa shape index (κ3) is 2.65. The number of rotatable bonds is 2. The third-order valence-corrected chi connectivity index (χ3v) is 3.92. The monoisotopic (exact) mass is 206 g/mol. The minimum Gasteiger partial charge on any atom is -0.301 e. The molecule has 1 heterocycles. The van der Waals surface area contributed by atoms with Gasteiger partial charge < -0.3 is 4.90 Å². The van der Waals surface area contributed by atoms with Gasteiger partial charge >= 0.3 is 0 Å². The highest BCUT2D eigenvalue weighted by atomic mass is 32.2. The minimum atomic E-state index is -3.00. The molecule has 78 valence electrons. The van der Waals surface area contributed by atoms with Gasteiger partial charge in [-0.25, -0.2) is 8.42 Å². The lowest BCUT2D eigenvalue weighted by atomic mass is 10.2. The quantitative estimate of drug-likeness (QED) is 0.637. The van der Waals surface area contributed by atoms with Crippen LogP contribution in [0, 0.1) is 0 Å². The number of hydrogen-bond donors (Lipinski definition) is 0. The van der Waals surface area contributed by atoms with Crippen LogP contribution in [0.15, 0.2) is 0 Å². The van der Waals surface area contributed by atoms with Gasteiger partial charge in [-0.1, -0.05) is 6.92 Å². The lowest BCUT2D eigenvalue weighted by Gasteiger charge is -2.37. The molecule has 13 heavy (non-hydrogen) atoms. The highest BCUT2D eigenvalue weighted by Gasteiger charge is 2.28. The van der Waals surface area contributed by atoms with Crippen LogP contribution in [-0.2, 0) is 10.0 Å². The molecule has 1 rings (SSSR count). The zero-order chi connectivity index (χ0) is 10.1. The Balaban J connectivity index is 2.64. The van der Waals surface area contributed by atoms with Gasteiger partial charge in [-0.3, -0.25) is 0 Å². The Morgan fingerprint density at radius 3 is 2.38 bits per heavy atom. The second-order valence-electron chi connectivity index (χ2n) is 3.62. The summed E-state index contributed by atoms with van der Waals surface area (Å²) in [5.41, 5.74) is 0. The third-order valence-electron chi connectivity index (χ3n) is 2.52. The average molecular weight is 206 g/mol. The maximum atomic E-state index is 11.3. The van der Waals surface area contributed by atoms with Crippen LogP contribution in [0.3, 0.4) is 0 Å². The average Bonchev–Trinajstić information content (AvgIpc) is 2.01. The van der Waals surface area contributed by atoms with E-state index in [2.05, 4.69) is 11.8 Å². The maximum absolute atomic E-state index is 11.3. The van der Waals surface area contributed by atoms with E-state index in [4.69, 9.17) is 0 Å². The first-order valence-electron chi connectivity index (χ1n) is 4.64. The summed E-state index contributed by atoms with van der Waals surface area (Å²) >= 11 is 0. The zero-order valence-corrected chi connectivity index (χ0v) is 9.34. The first-order chi connectivity index (χ1) is 5.95. The molecule has 0 aliphatic carbocycles. The van der Waals surface area contributed by atoms with E-state index in [0.717, 1.165) is 19.6 Å². The summed E-state index contributed by atoms with van der Waals surface area (Å²) < 4.78 is 24.2. The lowest BCUT2D eigenvalue weighted by molar-refractivity contribution is 0.150. The summed E-state index contributed by atoms with van der Waals surface area (Å²) in [5.74, 6) is 0. The van der Waals surface area contributed by atoms with Gasteiger partial charge in [0.15, 0.2) is 0 Å². The molecule has 1 unspecified atom stereocenters. The maximum Gasteiger partial charge on any atom is 0.211 e. The van der Waals surface area contributed by atoms with E-state index in [1.54, 1.807) is 4.31 Å². The van der Waals surface area contributed by atoms with Gasteiger partial charge in [-0.2, -0.15) is 4.31 Å². The second-order valence-corrected chi connectivity index (χ2v) is 5.55. The van der Waals surface area contributed by atoms with Crippen molar-refractivity contribution in [1.29, 1.82) is 0 Å². The molecule has 5 heteroatoms. The highest BCUT2D eigenvalue weighted by Crippen LogP contribution is 2.12. The van der Waals surface area contributed by atoms with Crippen molar-refractivity contribution in [3.05, 3.63) is 0 Å². The summed E-state index contributed by atoms with van der Waals surface area (Å²) in [6, 6.07) is 0.115. The van der Waals surface area contributed by atoms with Gasteiger partial charge in [0, 0.05) is 25.7 Å². The molecule has 1 saturated heterocycles. The molecule has 0 radical (unpaired) electrons. The van der Waals surface area contributed by atoms with E-state index in [0.29, 0.717) is 6.54 Å². The van der Waals surface area contributed by atoms with Gasteiger partial charge in [0.25, 0.3) is 0 Å². The molecular formula is C8H18N2O2S. The van der Waals surface area contributed by atoms with Crippen LogP contribution in [0.25, 0.3) is 0 Å². The standard InChI is InChI=1S/C8H18N2O2S/c1-4-9-5-6-10(8(2)7-9)13(3,11)12/h8H,4-7H2,1-3H3. The zero-order valence-electron chi connectivity index (χ0n) is 8.52. The molecule has 0 saturated carbocycles. The highest BCUT2D eigenvalue weighted by molar-refractivity contribution is 7.88. The Hall–Kier alpha value is -0.130. The van der Waals surface area contributed by atoms with Crippen molar-refractivity contribution in [3.8, 4) is 0 Å². The predicted octanol–water partition coefficient (Wildman–Crippen LogP) is -0.0280. The van der Waals surface area contributed by atoms with Crippen LogP contribution in [0.1, 0.15) is 13.8 Å². The molecule has 0 aromatic carbocycles. The van der Waals surface area contributed by atoms with Gasteiger partial charge in [-0.15, -0.1) is 0 Å². The number of piperazine rings is 1. The van der Waals surface area contributed by atoms with E-state index < -0.39 is 10.0 Å². The van der Waals surface area contributed by atoms with E-state index >= 15 is 0 Å². The van der Waals surface area contributed by atoms with E-state index in [9.17, 15) is 8.42 Å². The van der Waals surface area contributed by atoms with E-state index in [-0.39, 0.29) is 6.04 Å². The van der Waals surface area contributed by atoms with Gasteiger partial charge in [0.05, 0.1) is 6.26 Å². The molecule has 0 spiro atoms. The van der Waals surface area contributed by atoms with Crippen molar-refractivity contribution >= 4 is 10.0 Å². The molecular weight excluding hydrogens is 188 g/mol. The number of likely N-dealkylation sites (N-methyl/N-ethyl adjacent to an activating group) is 1. The van der Waals surface area contributed by atoms with Crippen molar-refractivity contribution < 1.29 is 8.42 Å². The van der Waals surface area contributed by atoms with Crippen molar-refractivity contribution in [3.63, 3.8) is 0 Å². The lowest BCUT2D eigenvalue weighted by Crippen LogP contribution is -2.53. The molecule has 0 aromatic rings. The van der Waals surface area contributed by atoms with Crippen LogP contribution in [0.2, 0.25) is 0 Å². The minimum absolute atomic E-state index is 0.115. The molecule has 1 aliphatic heterocycles. The Morgan fingerprint density at radius 1 is 1.38 bits per heavy atom. The number of hydrogen-bond acceptors (Lipinski definition) is 3. The van der Waals surface area contributed by atoms with Crippen LogP contribution in [-0.4, -0.2) is 56.1 Å². The Kier molecular flexibility index (Phi) is 3.32. The number of sulfonamides is 1. The Labute approximate surface area is 80.6 Å². The van der Waals surface area contributed by atoms with Crippen LogP contribution in [0.5, 0.6) is 0 Å². The summed E-state index contributed by atoms with van der Waals surface area (Å²) in [6.07, 6.45) is 1.28. The second kappa shape index (κ2) is 3.94. The van der Waals surface area contributed by atoms with Crippen LogP contribution in [0.4, 0.5) is 0 Å². The molecule has 4 nitrogen and oxygen atoms in total. The molecule has 1 aliphatic rings. The van der Waals surface area contributed by atoms with Gasteiger partial charge in [0.1, 0.15) is 0 Å². The fourth-order valence-corrected chi connectivity index (χ4v) is 2.93. The van der Waals surface area contributed by atoms with Crippen molar-refractivity contribution in [1.82, 2.24) is 9.21 Å².